The Balaban J connectivity index is 2.42. The van der Waals surface area contributed by atoms with Gasteiger partial charge in [0, 0.05) is 5.41 Å². The maximum absolute atomic E-state index is 13.8. The van der Waals surface area contributed by atoms with Gasteiger partial charge < -0.3 is 4.74 Å². The molecule has 0 aromatic carbocycles. The molecule has 0 saturated heterocycles. The molecule has 0 aromatic rings. The number of alkyl halides is 2. The van der Waals surface area contributed by atoms with E-state index in [1.807, 2.05) is 13.8 Å². The molecule has 1 nitrogen and oxygen atoms in total. The maximum atomic E-state index is 13.8. The summed E-state index contributed by atoms with van der Waals surface area (Å²) in [6, 6.07) is 0. The van der Waals surface area contributed by atoms with E-state index in [1.165, 1.54) is 19.3 Å². The molecule has 0 aliphatic heterocycles. The lowest BCUT2D eigenvalue weighted by atomic mass is 9.66. The molecule has 0 atom stereocenters. The normalized spacial score (nSPS) is 19.6. The van der Waals surface area contributed by atoms with Crippen molar-refractivity contribution in [2.45, 2.75) is 78.7 Å². The molecule has 0 bridgehead atoms. The van der Waals surface area contributed by atoms with Crippen LogP contribution in [-0.4, -0.2) is 18.6 Å². The standard InChI is InChI=1S/C17H30F2O/c1-14(2)20-13-16(10-8-11-16)9-6-7-12-17(18,19)15(3,4)5/h7,12,14H,6,8-11,13H2,1-5H3/b12-7+. The van der Waals surface area contributed by atoms with Crippen LogP contribution in [0.1, 0.15) is 66.7 Å². The third-order valence-corrected chi connectivity index (χ3v) is 4.31. The van der Waals surface area contributed by atoms with E-state index >= 15 is 0 Å². The number of ether oxygens (including phenoxy) is 1. The lowest BCUT2D eigenvalue weighted by Gasteiger charge is -2.42. The van der Waals surface area contributed by atoms with Gasteiger partial charge in [-0.1, -0.05) is 33.3 Å². The van der Waals surface area contributed by atoms with Crippen molar-refractivity contribution in [2.24, 2.45) is 10.8 Å². The summed E-state index contributed by atoms with van der Waals surface area (Å²) in [7, 11) is 0. The zero-order chi connectivity index (χ0) is 15.4. The van der Waals surface area contributed by atoms with Crippen LogP contribution < -0.4 is 0 Å². The largest absolute Gasteiger partial charge is 0.378 e. The lowest BCUT2D eigenvalue weighted by molar-refractivity contribution is -0.0507. The summed E-state index contributed by atoms with van der Waals surface area (Å²) in [5.41, 5.74) is -0.774. The Labute approximate surface area is 122 Å². The number of hydrogen-bond donors (Lipinski definition) is 0. The van der Waals surface area contributed by atoms with E-state index in [4.69, 9.17) is 4.74 Å². The fourth-order valence-electron chi connectivity index (χ4n) is 2.36. The summed E-state index contributed by atoms with van der Waals surface area (Å²) in [5.74, 6) is -2.74. The van der Waals surface area contributed by atoms with Crippen molar-refractivity contribution in [1.29, 1.82) is 0 Å². The lowest BCUT2D eigenvalue weighted by Crippen LogP contribution is -2.35. The van der Waals surface area contributed by atoms with E-state index in [-0.39, 0.29) is 11.5 Å². The Hall–Kier alpha value is -0.440. The molecular weight excluding hydrogens is 258 g/mol. The highest BCUT2D eigenvalue weighted by molar-refractivity contribution is 5.02. The highest BCUT2D eigenvalue weighted by atomic mass is 19.3. The summed E-state index contributed by atoms with van der Waals surface area (Å²) in [6.45, 7) is 9.56. The summed E-state index contributed by atoms with van der Waals surface area (Å²) in [5, 5.41) is 0. The fraction of sp³-hybridized carbons (Fsp3) is 0.882. The van der Waals surface area contributed by atoms with E-state index in [2.05, 4.69) is 0 Å². The Morgan fingerprint density at radius 1 is 1.20 bits per heavy atom. The van der Waals surface area contributed by atoms with Gasteiger partial charge in [0.2, 0.25) is 0 Å². The second-order valence-corrected chi connectivity index (χ2v) is 7.53. The first-order chi connectivity index (χ1) is 9.08. The van der Waals surface area contributed by atoms with Gasteiger partial charge in [0.15, 0.2) is 0 Å². The van der Waals surface area contributed by atoms with Crippen molar-refractivity contribution in [1.82, 2.24) is 0 Å². The summed E-state index contributed by atoms with van der Waals surface area (Å²) in [4.78, 5) is 0. The number of hydrogen-bond acceptors (Lipinski definition) is 1. The Morgan fingerprint density at radius 2 is 1.80 bits per heavy atom. The van der Waals surface area contributed by atoms with E-state index in [0.717, 1.165) is 19.1 Å². The van der Waals surface area contributed by atoms with Crippen LogP contribution in [0.25, 0.3) is 0 Å². The number of halogens is 2. The van der Waals surface area contributed by atoms with E-state index in [0.29, 0.717) is 6.42 Å². The van der Waals surface area contributed by atoms with Crippen molar-refractivity contribution >= 4 is 0 Å². The van der Waals surface area contributed by atoms with Gasteiger partial charge >= 0.3 is 0 Å². The van der Waals surface area contributed by atoms with Gasteiger partial charge in [0.25, 0.3) is 5.92 Å². The van der Waals surface area contributed by atoms with E-state index < -0.39 is 11.3 Å². The minimum Gasteiger partial charge on any atom is -0.378 e. The summed E-state index contributed by atoms with van der Waals surface area (Å²) < 4.78 is 33.3. The number of rotatable bonds is 7. The molecule has 3 heteroatoms. The zero-order valence-corrected chi connectivity index (χ0v) is 13.6. The molecule has 1 aliphatic carbocycles. The molecule has 0 spiro atoms. The Bertz CT molecular complexity index is 322. The summed E-state index contributed by atoms with van der Waals surface area (Å²) in [6.07, 6.45) is 8.23. The van der Waals surface area contributed by atoms with Crippen molar-refractivity contribution in [3.63, 3.8) is 0 Å². The molecular formula is C17H30F2O. The highest BCUT2D eigenvalue weighted by Crippen LogP contribution is 2.45. The van der Waals surface area contributed by atoms with Crippen LogP contribution in [0.15, 0.2) is 12.2 Å². The van der Waals surface area contributed by atoms with Crippen molar-refractivity contribution < 1.29 is 13.5 Å². The third kappa shape index (κ3) is 4.83. The van der Waals surface area contributed by atoms with Crippen LogP contribution in [0.3, 0.4) is 0 Å². The minimum absolute atomic E-state index is 0.242. The monoisotopic (exact) mass is 288 g/mol. The second-order valence-electron chi connectivity index (χ2n) is 7.53. The maximum Gasteiger partial charge on any atom is 0.271 e. The molecule has 118 valence electrons. The molecule has 0 unspecified atom stereocenters. The zero-order valence-electron chi connectivity index (χ0n) is 13.6. The Kier molecular flexibility index (Phi) is 5.77. The average molecular weight is 288 g/mol. The van der Waals surface area contributed by atoms with Gasteiger partial charge in [0.1, 0.15) is 0 Å². The SMILES string of the molecule is CC(C)OCC1(CC/C=C/C(F)(F)C(C)(C)C)CCC1. The van der Waals surface area contributed by atoms with Crippen LogP contribution in [0.4, 0.5) is 8.78 Å². The molecule has 0 radical (unpaired) electrons. The highest BCUT2D eigenvalue weighted by Gasteiger charge is 2.40. The molecule has 0 heterocycles. The quantitative estimate of drug-likeness (QED) is 0.554. The first-order valence-corrected chi connectivity index (χ1v) is 7.75. The smallest absolute Gasteiger partial charge is 0.271 e. The molecule has 1 rings (SSSR count). The van der Waals surface area contributed by atoms with Gasteiger partial charge in [-0.05, 0) is 51.0 Å². The molecule has 1 fully saturated rings. The van der Waals surface area contributed by atoms with Gasteiger partial charge in [0.05, 0.1) is 12.7 Å². The van der Waals surface area contributed by atoms with Crippen molar-refractivity contribution in [3.8, 4) is 0 Å². The fourth-order valence-corrected chi connectivity index (χ4v) is 2.36. The first kappa shape index (κ1) is 17.6. The molecule has 1 saturated carbocycles. The van der Waals surface area contributed by atoms with Gasteiger partial charge in [-0.25, -0.2) is 8.78 Å². The van der Waals surface area contributed by atoms with Gasteiger partial charge in [-0.15, -0.1) is 0 Å². The molecule has 0 N–H and O–H groups in total. The predicted molar refractivity (Wildman–Crippen MR) is 80.1 cm³/mol. The second kappa shape index (κ2) is 6.55. The van der Waals surface area contributed by atoms with Crippen LogP contribution in [0.5, 0.6) is 0 Å². The van der Waals surface area contributed by atoms with Crippen LogP contribution in [0, 0.1) is 10.8 Å². The predicted octanol–water partition coefficient (Wildman–Crippen LogP) is 5.60. The van der Waals surface area contributed by atoms with Crippen LogP contribution in [-0.2, 0) is 4.74 Å². The summed E-state index contributed by atoms with van der Waals surface area (Å²) >= 11 is 0. The van der Waals surface area contributed by atoms with Gasteiger partial charge in [-0.2, -0.15) is 0 Å². The van der Waals surface area contributed by atoms with Crippen LogP contribution >= 0.6 is 0 Å². The van der Waals surface area contributed by atoms with Crippen molar-refractivity contribution in [3.05, 3.63) is 12.2 Å². The topological polar surface area (TPSA) is 9.23 Å². The van der Waals surface area contributed by atoms with Crippen molar-refractivity contribution in [2.75, 3.05) is 6.61 Å². The molecule has 0 amide bonds. The third-order valence-electron chi connectivity index (χ3n) is 4.31. The number of allylic oxidation sites excluding steroid dienone is 2. The molecule has 20 heavy (non-hydrogen) atoms. The van der Waals surface area contributed by atoms with E-state index in [1.54, 1.807) is 26.8 Å². The Morgan fingerprint density at radius 3 is 2.20 bits per heavy atom. The minimum atomic E-state index is -2.74. The molecule has 1 aliphatic rings. The van der Waals surface area contributed by atoms with E-state index in [9.17, 15) is 8.78 Å². The van der Waals surface area contributed by atoms with Gasteiger partial charge in [-0.3, -0.25) is 0 Å². The average Bonchev–Trinajstić information content (AvgIpc) is 2.24. The van der Waals surface area contributed by atoms with Crippen LogP contribution in [0.2, 0.25) is 0 Å². The first-order valence-electron chi connectivity index (χ1n) is 7.75. The molecule has 0 aromatic heterocycles.